The van der Waals surface area contributed by atoms with Crippen LogP contribution in [0, 0.1) is 5.92 Å². The van der Waals surface area contributed by atoms with Crippen LogP contribution in [-0.4, -0.2) is 121 Å². The molecule has 3 aromatic carbocycles. The average molecular weight is 1010 g/mol. The number of nitrogens with zero attached hydrogens (tertiary/aromatic N) is 1. The predicted octanol–water partition coefficient (Wildman–Crippen LogP) is 5.41. The highest BCUT2D eigenvalue weighted by Crippen LogP contribution is 2.26. The van der Waals surface area contributed by atoms with Gasteiger partial charge in [0.15, 0.2) is 0 Å². The number of ether oxygens (including phenoxy) is 4. The normalized spacial score (nSPS) is 14.6. The third kappa shape index (κ3) is 20.3. The zero-order valence-electron chi connectivity index (χ0n) is 42.9. The molecular weight excluding hydrogens is 939 g/mol. The summed E-state index contributed by atoms with van der Waals surface area (Å²) in [6, 6.07) is 22.5. The molecular formula is C54H73N7O12. The molecule has 1 heterocycles. The maximum atomic E-state index is 14.5. The van der Waals surface area contributed by atoms with Gasteiger partial charge >= 0.3 is 24.2 Å². The molecule has 6 N–H and O–H groups in total. The molecule has 0 radical (unpaired) electrons. The highest BCUT2D eigenvalue weighted by molar-refractivity contribution is 5.96. The number of methoxy groups -OCH3 is 1. The number of alkyl carbamates (subject to hydrolysis) is 3. The van der Waals surface area contributed by atoms with E-state index >= 15 is 0 Å². The van der Waals surface area contributed by atoms with Crippen molar-refractivity contribution in [3.05, 3.63) is 120 Å². The Morgan fingerprint density at radius 3 is 1.68 bits per heavy atom. The van der Waals surface area contributed by atoms with E-state index in [0.717, 1.165) is 11.1 Å². The number of carbonyl (C=O) groups is 8. The second kappa shape index (κ2) is 29.2. The van der Waals surface area contributed by atoms with E-state index in [1.165, 1.54) is 18.1 Å². The molecule has 1 fully saturated rings. The first-order valence-corrected chi connectivity index (χ1v) is 24.7. The van der Waals surface area contributed by atoms with E-state index in [1.807, 2.05) is 68.4 Å². The Balaban J connectivity index is 1.55. The second-order valence-electron chi connectivity index (χ2n) is 19.3. The van der Waals surface area contributed by atoms with Crippen molar-refractivity contribution in [2.24, 2.45) is 5.92 Å². The van der Waals surface area contributed by atoms with Crippen molar-refractivity contribution in [3.63, 3.8) is 0 Å². The number of carbonyl (C=O) groups excluding carboxylic acids is 8. The summed E-state index contributed by atoms with van der Waals surface area (Å²) in [5.41, 5.74) is -0.0777. The smallest absolute Gasteiger partial charge is 0.408 e. The maximum Gasteiger partial charge on any atom is 0.408 e. The summed E-state index contributed by atoms with van der Waals surface area (Å²) >= 11 is 0. The molecule has 0 saturated carbocycles. The first-order valence-electron chi connectivity index (χ1n) is 24.7. The summed E-state index contributed by atoms with van der Waals surface area (Å²) in [6.07, 6.45) is 0.172. The lowest BCUT2D eigenvalue weighted by Gasteiger charge is -2.40. The van der Waals surface area contributed by atoms with E-state index in [4.69, 9.17) is 18.9 Å². The number of piperidine rings is 1. The van der Waals surface area contributed by atoms with Gasteiger partial charge in [-0.2, -0.15) is 0 Å². The van der Waals surface area contributed by atoms with Crippen molar-refractivity contribution >= 4 is 47.9 Å². The number of benzene rings is 3. The van der Waals surface area contributed by atoms with Crippen molar-refractivity contribution < 1.29 is 57.3 Å². The van der Waals surface area contributed by atoms with Crippen molar-refractivity contribution in [1.29, 1.82) is 0 Å². The van der Waals surface area contributed by atoms with Crippen LogP contribution in [0.15, 0.2) is 104 Å². The van der Waals surface area contributed by atoms with Gasteiger partial charge in [-0.25, -0.2) is 19.2 Å². The fourth-order valence-corrected chi connectivity index (χ4v) is 8.05. The maximum absolute atomic E-state index is 14.5. The lowest BCUT2D eigenvalue weighted by atomic mass is 9.87. The molecule has 73 heavy (non-hydrogen) atoms. The Hall–Kier alpha value is -7.44. The summed E-state index contributed by atoms with van der Waals surface area (Å²) in [7, 11) is 1.19. The molecule has 0 aliphatic carbocycles. The second-order valence-corrected chi connectivity index (χ2v) is 19.3. The standard InChI is InChI=1S/C54H73N7O12/c1-8-32-71-52(69)60-54(49(66)70-7)27-30-61(31-28-54)48(65)41(26-18-19-29-55-50(67)72-36-40-24-16-11-17-25-40)56-45(62)42(33-37(2)3)57-46(63)43(34-38-20-12-9-13-21-38)58-47(64)44(35-39-22-14-10-15-23-39)59-51(68)73-53(4,5)6/h8-17,20-25,37,41-44H,1,18-19,26-36H2,2-7H3,(H,55,67)(H,56,62)(H,57,63)(H,58,64)(H,59,68)(H,60,69). The quantitative estimate of drug-likeness (QED) is 0.0270. The van der Waals surface area contributed by atoms with E-state index in [0.29, 0.717) is 18.4 Å². The number of unbranched alkanes of at least 4 members (excludes halogenated alkanes) is 1. The number of hydrogen-bond donors (Lipinski definition) is 6. The summed E-state index contributed by atoms with van der Waals surface area (Å²) in [4.78, 5) is 110. The van der Waals surface area contributed by atoms with Crippen molar-refractivity contribution in [3.8, 4) is 0 Å². The minimum atomic E-state index is -1.49. The number of hydrogen-bond acceptors (Lipinski definition) is 12. The zero-order valence-corrected chi connectivity index (χ0v) is 42.9. The van der Waals surface area contributed by atoms with Gasteiger partial charge in [0.2, 0.25) is 23.6 Å². The molecule has 19 nitrogen and oxygen atoms in total. The number of amides is 7. The van der Waals surface area contributed by atoms with Crippen LogP contribution in [0.25, 0.3) is 0 Å². The van der Waals surface area contributed by atoms with Gasteiger partial charge in [-0.15, -0.1) is 0 Å². The van der Waals surface area contributed by atoms with Crippen molar-refractivity contribution in [2.45, 2.75) is 128 Å². The Labute approximate surface area is 428 Å². The molecule has 0 bridgehead atoms. The molecule has 4 atom stereocenters. The zero-order chi connectivity index (χ0) is 53.4. The number of rotatable bonds is 25. The molecule has 0 aromatic heterocycles. The minimum absolute atomic E-state index is 0.00206. The van der Waals surface area contributed by atoms with Crippen LogP contribution >= 0.6 is 0 Å². The van der Waals surface area contributed by atoms with E-state index in [9.17, 15) is 38.4 Å². The van der Waals surface area contributed by atoms with Crippen LogP contribution in [0.5, 0.6) is 0 Å². The average Bonchev–Trinajstić information content (AvgIpc) is 3.36. The number of likely N-dealkylation sites (tertiary alicyclic amines) is 1. The first-order chi connectivity index (χ1) is 34.8. The first kappa shape index (κ1) is 58.1. The summed E-state index contributed by atoms with van der Waals surface area (Å²) in [6.45, 7) is 12.6. The molecule has 4 unspecified atom stereocenters. The Bertz CT molecular complexity index is 2280. The van der Waals surface area contributed by atoms with E-state index < -0.39 is 83.2 Å². The van der Waals surface area contributed by atoms with Crippen LogP contribution in [-0.2, 0) is 62.4 Å². The lowest BCUT2D eigenvalue weighted by molar-refractivity contribution is -0.153. The van der Waals surface area contributed by atoms with Gasteiger partial charge in [0.05, 0.1) is 7.11 Å². The molecule has 19 heteroatoms. The molecule has 1 aliphatic heterocycles. The highest BCUT2D eigenvalue weighted by Gasteiger charge is 2.46. The van der Waals surface area contributed by atoms with Gasteiger partial charge in [-0.1, -0.05) is 117 Å². The molecule has 7 amide bonds. The summed E-state index contributed by atoms with van der Waals surface area (Å²) < 4.78 is 20.9. The molecule has 1 saturated heterocycles. The largest absolute Gasteiger partial charge is 0.467 e. The van der Waals surface area contributed by atoms with Crippen LogP contribution < -0.4 is 31.9 Å². The molecule has 0 spiro atoms. The molecule has 396 valence electrons. The van der Waals surface area contributed by atoms with Crippen LogP contribution in [0.1, 0.15) is 89.8 Å². The Morgan fingerprint density at radius 1 is 0.658 bits per heavy atom. The van der Waals surface area contributed by atoms with E-state index in [-0.39, 0.29) is 77.3 Å². The van der Waals surface area contributed by atoms with Gasteiger partial charge in [0, 0.05) is 32.5 Å². The Morgan fingerprint density at radius 2 is 1.16 bits per heavy atom. The molecule has 4 rings (SSSR count). The van der Waals surface area contributed by atoms with Crippen LogP contribution in [0.3, 0.4) is 0 Å². The van der Waals surface area contributed by atoms with Gasteiger partial charge in [-0.05, 0) is 81.9 Å². The fraction of sp³-hybridized carbons (Fsp3) is 0.481. The van der Waals surface area contributed by atoms with Crippen LogP contribution in [0.2, 0.25) is 0 Å². The SMILES string of the molecule is C=CCOC(=O)NC1(C(=O)OC)CCN(C(=O)C(CCCCNC(=O)OCc2ccccc2)NC(=O)C(CC(C)C)NC(=O)C(Cc2ccccc2)NC(=O)C(Cc2ccccc2)NC(=O)OC(C)(C)C)CC1. The van der Waals surface area contributed by atoms with E-state index in [2.05, 4.69) is 38.5 Å². The molecule has 3 aromatic rings. The topological polar surface area (TPSA) is 249 Å². The monoisotopic (exact) mass is 1010 g/mol. The number of nitrogens with one attached hydrogen (secondary N) is 6. The fourth-order valence-electron chi connectivity index (χ4n) is 8.05. The third-order valence-electron chi connectivity index (χ3n) is 11.7. The highest BCUT2D eigenvalue weighted by atomic mass is 16.6. The summed E-state index contributed by atoms with van der Waals surface area (Å²) in [5.74, 6) is -3.32. The predicted molar refractivity (Wildman–Crippen MR) is 272 cm³/mol. The minimum Gasteiger partial charge on any atom is -0.467 e. The number of esters is 1. The van der Waals surface area contributed by atoms with Gasteiger partial charge in [0.25, 0.3) is 0 Å². The van der Waals surface area contributed by atoms with Gasteiger partial charge in [-0.3, -0.25) is 19.2 Å². The molecule has 1 aliphatic rings. The van der Waals surface area contributed by atoms with Crippen molar-refractivity contribution in [1.82, 2.24) is 36.8 Å². The van der Waals surface area contributed by atoms with Crippen molar-refractivity contribution in [2.75, 3.05) is 33.4 Å². The summed E-state index contributed by atoms with van der Waals surface area (Å²) in [5, 5.41) is 16.6. The van der Waals surface area contributed by atoms with Crippen LogP contribution in [0.4, 0.5) is 14.4 Å². The Kier molecular flexibility index (Phi) is 23.2. The van der Waals surface area contributed by atoms with Gasteiger partial charge in [0.1, 0.15) is 48.5 Å². The lowest BCUT2D eigenvalue weighted by Crippen LogP contribution is -2.63. The third-order valence-corrected chi connectivity index (χ3v) is 11.7. The van der Waals surface area contributed by atoms with Gasteiger partial charge < -0.3 is 55.7 Å². The van der Waals surface area contributed by atoms with E-state index in [1.54, 1.807) is 57.2 Å².